The van der Waals surface area contributed by atoms with E-state index in [1.54, 1.807) is 7.11 Å². The summed E-state index contributed by atoms with van der Waals surface area (Å²) < 4.78 is 13.0. The Morgan fingerprint density at radius 2 is 2.27 bits per heavy atom. The Hall–Kier alpha value is -3.02. The van der Waals surface area contributed by atoms with Crippen LogP contribution in [0, 0.1) is 12.8 Å². The lowest BCUT2D eigenvalue weighted by Crippen LogP contribution is -2.37. The fourth-order valence-corrected chi connectivity index (χ4v) is 3.25. The van der Waals surface area contributed by atoms with Crippen molar-refractivity contribution >= 4 is 11.6 Å². The average Bonchev–Trinajstić information content (AvgIpc) is 3.10. The summed E-state index contributed by atoms with van der Waals surface area (Å²) >= 11 is 0. The lowest BCUT2D eigenvalue weighted by atomic mass is 9.96. The van der Waals surface area contributed by atoms with E-state index in [0.717, 1.165) is 34.1 Å². The molecule has 6 heteroatoms. The second-order valence-corrected chi connectivity index (χ2v) is 6.53. The predicted octanol–water partition coefficient (Wildman–Crippen LogP) is 2.52. The normalized spacial score (nSPS) is 16.0. The van der Waals surface area contributed by atoms with Gasteiger partial charge in [0.25, 0.3) is 0 Å². The highest BCUT2D eigenvalue weighted by atomic mass is 16.5. The number of pyridine rings is 1. The molecule has 1 aliphatic rings. The van der Waals surface area contributed by atoms with E-state index in [1.165, 1.54) is 0 Å². The van der Waals surface area contributed by atoms with E-state index in [2.05, 4.69) is 10.3 Å². The Bertz CT molecular complexity index is 964. The van der Waals surface area contributed by atoms with Gasteiger partial charge in [-0.25, -0.2) is 4.98 Å². The first-order chi connectivity index (χ1) is 12.6. The number of aromatic nitrogens is 2. The van der Waals surface area contributed by atoms with Crippen molar-refractivity contribution in [3.63, 3.8) is 0 Å². The number of benzene rings is 1. The molecule has 1 unspecified atom stereocenters. The first-order valence-corrected chi connectivity index (χ1v) is 8.65. The zero-order valence-corrected chi connectivity index (χ0v) is 14.9. The molecule has 134 valence electrons. The lowest BCUT2D eigenvalue weighted by molar-refractivity contribution is -0.126. The molecule has 1 atom stereocenters. The number of amides is 1. The topological polar surface area (TPSA) is 64.9 Å². The van der Waals surface area contributed by atoms with Gasteiger partial charge >= 0.3 is 0 Å². The van der Waals surface area contributed by atoms with Gasteiger partial charge in [-0.05, 0) is 37.1 Å². The van der Waals surface area contributed by atoms with Gasteiger partial charge in [0, 0.05) is 18.0 Å². The highest BCUT2D eigenvalue weighted by molar-refractivity contribution is 5.79. The number of rotatable bonds is 4. The largest absolute Gasteiger partial charge is 0.497 e. The third-order valence-electron chi connectivity index (χ3n) is 4.74. The van der Waals surface area contributed by atoms with Gasteiger partial charge in [0.1, 0.15) is 23.8 Å². The molecule has 0 bridgehead atoms. The fourth-order valence-electron chi connectivity index (χ4n) is 3.25. The predicted molar refractivity (Wildman–Crippen MR) is 97.5 cm³/mol. The zero-order valence-electron chi connectivity index (χ0n) is 14.9. The summed E-state index contributed by atoms with van der Waals surface area (Å²) in [5.41, 5.74) is 3.87. The van der Waals surface area contributed by atoms with E-state index in [4.69, 9.17) is 9.47 Å². The minimum atomic E-state index is -0.199. The third-order valence-corrected chi connectivity index (χ3v) is 4.74. The number of nitrogens with zero attached hydrogens (tertiary/aromatic N) is 2. The van der Waals surface area contributed by atoms with Gasteiger partial charge in [-0.2, -0.15) is 0 Å². The Labute approximate surface area is 151 Å². The van der Waals surface area contributed by atoms with E-state index in [-0.39, 0.29) is 11.8 Å². The van der Waals surface area contributed by atoms with Crippen molar-refractivity contribution < 1.29 is 14.3 Å². The minimum Gasteiger partial charge on any atom is -0.497 e. The van der Waals surface area contributed by atoms with Crippen LogP contribution in [0.5, 0.6) is 11.5 Å². The standard InChI is InChI=1S/C20H21N3O3/c1-13-4-3-5-19-22-16(11-23(13)19)10-21-20(24)15-8-14-6-7-17(25-2)9-18(14)26-12-15/h3-7,9,11,15H,8,10,12H2,1-2H3,(H,21,24). The first-order valence-electron chi connectivity index (χ1n) is 8.65. The van der Waals surface area contributed by atoms with Gasteiger partial charge in [-0.3, -0.25) is 4.79 Å². The molecule has 1 aromatic carbocycles. The average molecular weight is 351 g/mol. The van der Waals surface area contributed by atoms with Gasteiger partial charge in [0.15, 0.2) is 0 Å². The molecule has 6 nitrogen and oxygen atoms in total. The Balaban J connectivity index is 1.41. The third kappa shape index (κ3) is 3.10. The molecule has 2 aromatic heterocycles. The molecule has 26 heavy (non-hydrogen) atoms. The van der Waals surface area contributed by atoms with Crippen molar-refractivity contribution in [3.8, 4) is 11.5 Å². The zero-order chi connectivity index (χ0) is 18.1. The monoisotopic (exact) mass is 351 g/mol. The second-order valence-electron chi connectivity index (χ2n) is 6.53. The van der Waals surface area contributed by atoms with Crippen molar-refractivity contribution in [1.29, 1.82) is 0 Å². The summed E-state index contributed by atoms with van der Waals surface area (Å²) in [4.78, 5) is 17.1. The number of hydrogen-bond acceptors (Lipinski definition) is 4. The van der Waals surface area contributed by atoms with Gasteiger partial charge in [0.05, 0.1) is 25.3 Å². The number of nitrogens with one attached hydrogen (secondary N) is 1. The van der Waals surface area contributed by atoms with E-state index in [1.807, 2.05) is 53.9 Å². The highest BCUT2D eigenvalue weighted by Crippen LogP contribution is 2.31. The molecule has 0 radical (unpaired) electrons. The molecule has 0 fully saturated rings. The van der Waals surface area contributed by atoms with Crippen LogP contribution in [0.1, 0.15) is 17.0 Å². The number of carbonyl (C=O) groups is 1. The Kier molecular flexibility index (Phi) is 4.24. The number of hydrogen-bond donors (Lipinski definition) is 1. The summed E-state index contributed by atoms with van der Waals surface area (Å²) in [6.45, 7) is 2.81. The van der Waals surface area contributed by atoms with E-state index < -0.39 is 0 Å². The summed E-state index contributed by atoms with van der Waals surface area (Å²) in [5.74, 6) is 1.34. The molecule has 1 amide bonds. The van der Waals surface area contributed by atoms with E-state index >= 15 is 0 Å². The van der Waals surface area contributed by atoms with E-state index in [9.17, 15) is 4.79 Å². The van der Waals surface area contributed by atoms with Crippen LogP contribution in [0.15, 0.2) is 42.6 Å². The van der Waals surface area contributed by atoms with Crippen LogP contribution in [-0.2, 0) is 17.8 Å². The van der Waals surface area contributed by atoms with Crippen molar-refractivity contribution in [2.75, 3.05) is 13.7 Å². The maximum absolute atomic E-state index is 12.5. The maximum atomic E-state index is 12.5. The van der Waals surface area contributed by atoms with Gasteiger partial charge < -0.3 is 19.2 Å². The van der Waals surface area contributed by atoms with Crippen molar-refractivity contribution in [3.05, 3.63) is 59.5 Å². The van der Waals surface area contributed by atoms with Gasteiger partial charge in [0.2, 0.25) is 5.91 Å². The second kappa shape index (κ2) is 6.71. The molecule has 1 N–H and O–H groups in total. The van der Waals surface area contributed by atoms with Crippen LogP contribution >= 0.6 is 0 Å². The number of methoxy groups -OCH3 is 1. The molecule has 1 aliphatic heterocycles. The molecule has 3 aromatic rings. The number of aryl methyl sites for hydroxylation is 1. The first kappa shape index (κ1) is 16.4. The molecule has 3 heterocycles. The molecule has 0 aliphatic carbocycles. The number of imidazole rings is 1. The molecule has 0 spiro atoms. The highest BCUT2D eigenvalue weighted by Gasteiger charge is 2.26. The van der Waals surface area contributed by atoms with Crippen LogP contribution in [0.3, 0.4) is 0 Å². The van der Waals surface area contributed by atoms with Crippen LogP contribution in [0.4, 0.5) is 0 Å². The summed E-state index contributed by atoms with van der Waals surface area (Å²) in [7, 11) is 1.63. The molecule has 0 saturated carbocycles. The van der Waals surface area contributed by atoms with Crippen molar-refractivity contribution in [1.82, 2.24) is 14.7 Å². The number of carbonyl (C=O) groups excluding carboxylic acids is 1. The van der Waals surface area contributed by atoms with Gasteiger partial charge in [-0.15, -0.1) is 0 Å². The molecular formula is C20H21N3O3. The number of fused-ring (bicyclic) bond motifs is 2. The van der Waals surface area contributed by atoms with Crippen LogP contribution in [0.25, 0.3) is 5.65 Å². The summed E-state index contributed by atoms with van der Waals surface area (Å²) in [6.07, 6.45) is 2.62. The minimum absolute atomic E-state index is 0.0137. The fraction of sp³-hybridized carbons (Fsp3) is 0.300. The smallest absolute Gasteiger partial charge is 0.227 e. The molecule has 0 saturated heterocycles. The van der Waals surface area contributed by atoms with Crippen molar-refractivity contribution in [2.24, 2.45) is 5.92 Å². The SMILES string of the molecule is COc1ccc2c(c1)OCC(C(=O)NCc1cn3c(C)cccc3n1)C2. The molecular weight excluding hydrogens is 330 g/mol. The van der Waals surface area contributed by atoms with Crippen LogP contribution in [-0.4, -0.2) is 29.0 Å². The lowest BCUT2D eigenvalue weighted by Gasteiger charge is -2.24. The van der Waals surface area contributed by atoms with Crippen molar-refractivity contribution in [2.45, 2.75) is 19.9 Å². The van der Waals surface area contributed by atoms with Gasteiger partial charge in [-0.1, -0.05) is 12.1 Å². The van der Waals surface area contributed by atoms with Crippen LogP contribution in [0.2, 0.25) is 0 Å². The summed E-state index contributed by atoms with van der Waals surface area (Å²) in [5, 5.41) is 2.98. The van der Waals surface area contributed by atoms with E-state index in [0.29, 0.717) is 19.6 Å². The quantitative estimate of drug-likeness (QED) is 0.784. The number of ether oxygens (including phenoxy) is 2. The molecule has 4 rings (SSSR count). The maximum Gasteiger partial charge on any atom is 0.227 e. The summed E-state index contributed by atoms with van der Waals surface area (Å²) in [6, 6.07) is 11.7. The van der Waals surface area contributed by atoms with Crippen LogP contribution < -0.4 is 14.8 Å². The Morgan fingerprint density at radius 3 is 3.08 bits per heavy atom. The Morgan fingerprint density at radius 1 is 1.38 bits per heavy atom.